The van der Waals surface area contributed by atoms with Crippen LogP contribution in [0, 0.1) is 0 Å². The summed E-state index contributed by atoms with van der Waals surface area (Å²) in [4.78, 5) is 6.26. The first-order chi connectivity index (χ1) is 9.69. The molecule has 2 aromatic rings. The van der Waals surface area contributed by atoms with Crippen molar-refractivity contribution in [3.8, 4) is 0 Å². The van der Waals surface area contributed by atoms with E-state index in [2.05, 4.69) is 43.5 Å². The monoisotopic (exact) mass is 464 g/mol. The van der Waals surface area contributed by atoms with E-state index in [0.29, 0.717) is 6.54 Å². The second-order valence-electron chi connectivity index (χ2n) is 4.38. The van der Waals surface area contributed by atoms with E-state index in [1.54, 1.807) is 13.3 Å². The van der Waals surface area contributed by atoms with Gasteiger partial charge in [-0.1, -0.05) is 33.2 Å². The molecule has 5 nitrogen and oxygen atoms in total. The van der Waals surface area contributed by atoms with Crippen LogP contribution >= 0.6 is 39.9 Å². The van der Waals surface area contributed by atoms with E-state index in [-0.39, 0.29) is 24.0 Å². The Morgan fingerprint density at radius 2 is 2.24 bits per heavy atom. The molecule has 114 valence electrons. The van der Waals surface area contributed by atoms with Crippen LogP contribution in [-0.4, -0.2) is 30.1 Å². The van der Waals surface area contributed by atoms with E-state index < -0.39 is 0 Å². The number of hydrogen-bond donors (Lipinski definition) is 1. The van der Waals surface area contributed by atoms with E-state index in [1.165, 1.54) is 5.56 Å². The molecule has 0 bridgehead atoms. The number of halogens is 2. The van der Waals surface area contributed by atoms with Gasteiger partial charge in [0, 0.05) is 31.2 Å². The van der Waals surface area contributed by atoms with Gasteiger partial charge in [0.25, 0.3) is 0 Å². The number of hydrogen-bond acceptors (Lipinski definition) is 3. The quantitative estimate of drug-likeness (QED) is 0.428. The van der Waals surface area contributed by atoms with Crippen molar-refractivity contribution in [3.05, 3.63) is 52.3 Å². The van der Waals surface area contributed by atoms with Gasteiger partial charge in [-0.3, -0.25) is 4.99 Å². The molecule has 0 atom stereocenters. The third kappa shape index (κ3) is 5.66. The Morgan fingerprint density at radius 1 is 1.43 bits per heavy atom. The van der Waals surface area contributed by atoms with Crippen molar-refractivity contribution in [1.29, 1.82) is 0 Å². The molecule has 0 radical (unpaired) electrons. The molecule has 0 aliphatic rings. The minimum atomic E-state index is 0. The van der Waals surface area contributed by atoms with E-state index in [1.807, 2.05) is 30.1 Å². The maximum atomic E-state index is 4.83. The van der Waals surface area contributed by atoms with Crippen LogP contribution in [0.3, 0.4) is 0 Å². The van der Waals surface area contributed by atoms with Gasteiger partial charge in [-0.05, 0) is 17.7 Å². The van der Waals surface area contributed by atoms with Crippen LogP contribution in [-0.2, 0) is 13.1 Å². The SMILES string of the molecule is CN=C(NCc1cccc(Br)c1)N(C)Cc1ccon1.I. The minimum Gasteiger partial charge on any atom is -0.364 e. The van der Waals surface area contributed by atoms with Gasteiger partial charge in [0.1, 0.15) is 12.0 Å². The molecular formula is C14H18BrIN4O. The summed E-state index contributed by atoms with van der Waals surface area (Å²) in [6.45, 7) is 1.37. The second kappa shape index (κ2) is 9.04. The fourth-order valence-corrected chi connectivity index (χ4v) is 2.30. The van der Waals surface area contributed by atoms with Gasteiger partial charge in [0.15, 0.2) is 5.96 Å². The summed E-state index contributed by atoms with van der Waals surface area (Å²) in [5, 5.41) is 7.22. The van der Waals surface area contributed by atoms with Gasteiger partial charge in [0.2, 0.25) is 0 Å². The van der Waals surface area contributed by atoms with E-state index in [0.717, 1.165) is 22.7 Å². The molecule has 21 heavy (non-hydrogen) atoms. The summed E-state index contributed by atoms with van der Waals surface area (Å²) in [5.74, 6) is 0.813. The third-order valence-corrected chi connectivity index (χ3v) is 3.30. The average molecular weight is 465 g/mol. The Bertz CT molecular complexity index is 574. The van der Waals surface area contributed by atoms with Crippen LogP contribution in [0.25, 0.3) is 0 Å². The van der Waals surface area contributed by atoms with Crippen LogP contribution in [0.5, 0.6) is 0 Å². The third-order valence-electron chi connectivity index (χ3n) is 2.80. The van der Waals surface area contributed by atoms with Gasteiger partial charge >= 0.3 is 0 Å². The zero-order chi connectivity index (χ0) is 14.4. The predicted octanol–water partition coefficient (Wildman–Crippen LogP) is 3.26. The number of nitrogens with zero attached hydrogens (tertiary/aromatic N) is 3. The van der Waals surface area contributed by atoms with Crippen molar-refractivity contribution in [3.63, 3.8) is 0 Å². The molecule has 0 saturated heterocycles. The van der Waals surface area contributed by atoms with Crippen LogP contribution in [0.4, 0.5) is 0 Å². The van der Waals surface area contributed by atoms with Gasteiger partial charge in [-0.2, -0.15) is 0 Å². The molecule has 0 aliphatic heterocycles. The molecule has 0 saturated carbocycles. The van der Waals surface area contributed by atoms with Crippen LogP contribution in [0.2, 0.25) is 0 Å². The standard InChI is InChI=1S/C14H17BrN4O.HI/c1-16-14(19(2)10-13-6-7-20-18-13)17-9-11-4-3-5-12(15)8-11;/h3-8H,9-10H2,1-2H3,(H,16,17);1H. The molecule has 1 N–H and O–H groups in total. The lowest BCUT2D eigenvalue weighted by atomic mass is 10.2. The van der Waals surface area contributed by atoms with E-state index >= 15 is 0 Å². The summed E-state index contributed by atoms with van der Waals surface area (Å²) < 4.78 is 5.90. The Labute approximate surface area is 149 Å². The first-order valence-corrected chi connectivity index (χ1v) is 7.04. The number of guanidine groups is 1. The Balaban J connectivity index is 0.00000220. The summed E-state index contributed by atoms with van der Waals surface area (Å²) in [6.07, 6.45) is 1.57. The average Bonchev–Trinajstić information content (AvgIpc) is 2.92. The highest BCUT2D eigenvalue weighted by Crippen LogP contribution is 2.11. The van der Waals surface area contributed by atoms with Crippen molar-refractivity contribution < 1.29 is 4.52 Å². The van der Waals surface area contributed by atoms with Crippen molar-refractivity contribution in [2.24, 2.45) is 4.99 Å². The Kier molecular flexibility index (Phi) is 7.73. The Morgan fingerprint density at radius 3 is 2.86 bits per heavy atom. The van der Waals surface area contributed by atoms with Gasteiger partial charge in [0.05, 0.1) is 6.54 Å². The number of aliphatic imine (C=N–C) groups is 1. The number of nitrogens with one attached hydrogen (secondary N) is 1. The smallest absolute Gasteiger partial charge is 0.194 e. The minimum absolute atomic E-state index is 0. The van der Waals surface area contributed by atoms with Crippen molar-refractivity contribution in [2.45, 2.75) is 13.1 Å². The predicted molar refractivity (Wildman–Crippen MR) is 97.7 cm³/mol. The summed E-state index contributed by atoms with van der Waals surface area (Å²) in [5.41, 5.74) is 2.06. The molecule has 7 heteroatoms. The van der Waals surface area contributed by atoms with E-state index in [4.69, 9.17) is 4.52 Å². The van der Waals surface area contributed by atoms with E-state index in [9.17, 15) is 0 Å². The van der Waals surface area contributed by atoms with Gasteiger partial charge in [-0.25, -0.2) is 0 Å². The lowest BCUT2D eigenvalue weighted by Gasteiger charge is -2.21. The normalized spacial score (nSPS) is 10.9. The van der Waals surface area contributed by atoms with Crippen molar-refractivity contribution in [2.75, 3.05) is 14.1 Å². The summed E-state index contributed by atoms with van der Waals surface area (Å²) in [7, 11) is 3.73. The molecular weight excluding hydrogens is 447 g/mol. The summed E-state index contributed by atoms with van der Waals surface area (Å²) in [6, 6.07) is 10.0. The second-order valence-corrected chi connectivity index (χ2v) is 5.29. The molecule has 1 aromatic heterocycles. The van der Waals surface area contributed by atoms with Crippen molar-refractivity contribution >= 4 is 45.9 Å². The molecule has 0 unspecified atom stereocenters. The topological polar surface area (TPSA) is 53.7 Å². The number of benzene rings is 1. The largest absolute Gasteiger partial charge is 0.364 e. The highest BCUT2D eigenvalue weighted by atomic mass is 127. The van der Waals surface area contributed by atoms with Gasteiger partial charge in [-0.15, -0.1) is 24.0 Å². The van der Waals surface area contributed by atoms with Crippen LogP contribution in [0.15, 0.2) is 50.6 Å². The maximum absolute atomic E-state index is 4.83. The lowest BCUT2D eigenvalue weighted by Crippen LogP contribution is -2.38. The number of rotatable bonds is 4. The first-order valence-electron chi connectivity index (χ1n) is 6.24. The molecule has 0 spiro atoms. The van der Waals surface area contributed by atoms with Crippen molar-refractivity contribution in [1.82, 2.24) is 15.4 Å². The lowest BCUT2D eigenvalue weighted by molar-refractivity contribution is 0.391. The zero-order valence-electron chi connectivity index (χ0n) is 11.9. The first kappa shape index (κ1) is 18.0. The highest BCUT2D eigenvalue weighted by Gasteiger charge is 2.08. The molecule has 0 amide bonds. The van der Waals surface area contributed by atoms with Gasteiger partial charge < -0.3 is 14.7 Å². The van der Waals surface area contributed by atoms with Crippen LogP contribution in [0.1, 0.15) is 11.3 Å². The zero-order valence-corrected chi connectivity index (χ0v) is 15.8. The fourth-order valence-electron chi connectivity index (χ4n) is 1.85. The molecule has 1 heterocycles. The molecule has 2 rings (SSSR count). The maximum Gasteiger partial charge on any atom is 0.194 e. The molecule has 0 fully saturated rings. The Hall–Kier alpha value is -1.09. The summed E-state index contributed by atoms with van der Waals surface area (Å²) >= 11 is 3.47. The molecule has 1 aromatic carbocycles. The molecule has 0 aliphatic carbocycles. The van der Waals surface area contributed by atoms with Crippen LogP contribution < -0.4 is 5.32 Å². The fraction of sp³-hybridized carbons (Fsp3) is 0.286. The number of aromatic nitrogens is 1. The highest BCUT2D eigenvalue weighted by molar-refractivity contribution is 14.0.